The van der Waals surface area contributed by atoms with Gasteiger partial charge in [-0.1, -0.05) is 18.2 Å². The standard InChI is InChI=1S/C21H17N3O2/c25-21(23-17-9-11-22-12-10-17)14-26-18-7-5-15(6-8-18)20-13-16-3-1-2-4-19(16)24-20/h1-13,24H,14H2,(H,22,23,25). The molecular weight excluding hydrogens is 326 g/mol. The lowest BCUT2D eigenvalue weighted by Gasteiger charge is -2.08. The van der Waals surface area contributed by atoms with Gasteiger partial charge in [0.2, 0.25) is 0 Å². The van der Waals surface area contributed by atoms with E-state index >= 15 is 0 Å². The van der Waals surface area contributed by atoms with E-state index in [-0.39, 0.29) is 12.5 Å². The molecule has 2 N–H and O–H groups in total. The van der Waals surface area contributed by atoms with E-state index in [0.717, 1.165) is 16.8 Å². The largest absolute Gasteiger partial charge is 0.484 e. The van der Waals surface area contributed by atoms with Crippen molar-refractivity contribution in [1.29, 1.82) is 0 Å². The van der Waals surface area contributed by atoms with Crippen LogP contribution in [0.4, 0.5) is 5.69 Å². The summed E-state index contributed by atoms with van der Waals surface area (Å²) in [5.74, 6) is 0.436. The highest BCUT2D eigenvalue weighted by Gasteiger charge is 2.06. The predicted molar refractivity (Wildman–Crippen MR) is 102 cm³/mol. The van der Waals surface area contributed by atoms with Crippen LogP contribution in [0.1, 0.15) is 0 Å². The Morgan fingerprint density at radius 3 is 2.54 bits per heavy atom. The fourth-order valence-corrected chi connectivity index (χ4v) is 2.74. The lowest BCUT2D eigenvalue weighted by molar-refractivity contribution is -0.118. The van der Waals surface area contributed by atoms with Crippen molar-refractivity contribution in [3.8, 4) is 17.0 Å². The first-order valence-corrected chi connectivity index (χ1v) is 8.29. The van der Waals surface area contributed by atoms with Gasteiger partial charge in [-0.05, 0) is 54.1 Å². The van der Waals surface area contributed by atoms with Crippen LogP contribution in [-0.4, -0.2) is 22.5 Å². The zero-order valence-corrected chi connectivity index (χ0v) is 14.0. The van der Waals surface area contributed by atoms with Gasteiger partial charge in [0, 0.05) is 34.7 Å². The van der Waals surface area contributed by atoms with Gasteiger partial charge in [0.25, 0.3) is 5.91 Å². The molecule has 2 aromatic carbocycles. The lowest BCUT2D eigenvalue weighted by Crippen LogP contribution is -2.20. The van der Waals surface area contributed by atoms with Crippen molar-refractivity contribution >= 4 is 22.5 Å². The van der Waals surface area contributed by atoms with Crippen LogP contribution in [-0.2, 0) is 4.79 Å². The minimum atomic E-state index is -0.212. The van der Waals surface area contributed by atoms with Gasteiger partial charge in [-0.25, -0.2) is 0 Å². The number of aromatic nitrogens is 2. The van der Waals surface area contributed by atoms with E-state index in [1.807, 2.05) is 36.4 Å². The molecule has 0 aliphatic heterocycles. The molecule has 26 heavy (non-hydrogen) atoms. The molecular formula is C21H17N3O2. The number of ether oxygens (including phenoxy) is 1. The predicted octanol–water partition coefficient (Wildman–Crippen LogP) is 4.25. The second kappa shape index (κ2) is 7.11. The number of para-hydroxylation sites is 1. The van der Waals surface area contributed by atoms with Crippen LogP contribution in [0, 0.1) is 0 Å². The number of fused-ring (bicyclic) bond motifs is 1. The molecule has 1 amide bonds. The normalized spacial score (nSPS) is 10.6. The molecule has 0 aliphatic carbocycles. The third kappa shape index (κ3) is 3.57. The van der Waals surface area contributed by atoms with Crippen LogP contribution in [0.5, 0.6) is 5.75 Å². The summed E-state index contributed by atoms with van der Waals surface area (Å²) in [6, 6.07) is 21.4. The van der Waals surface area contributed by atoms with Gasteiger partial charge >= 0.3 is 0 Å². The summed E-state index contributed by atoms with van der Waals surface area (Å²) in [5.41, 5.74) is 3.92. The van der Waals surface area contributed by atoms with E-state index in [9.17, 15) is 4.79 Å². The second-order valence-electron chi connectivity index (χ2n) is 5.87. The molecule has 5 nitrogen and oxygen atoms in total. The summed E-state index contributed by atoms with van der Waals surface area (Å²) < 4.78 is 5.55. The fraction of sp³-hybridized carbons (Fsp3) is 0.0476. The molecule has 0 saturated carbocycles. The number of amides is 1. The molecule has 2 aromatic heterocycles. The monoisotopic (exact) mass is 343 g/mol. The first-order chi connectivity index (χ1) is 12.8. The smallest absolute Gasteiger partial charge is 0.262 e. The van der Waals surface area contributed by atoms with Crippen molar-refractivity contribution in [3.63, 3.8) is 0 Å². The summed E-state index contributed by atoms with van der Waals surface area (Å²) in [7, 11) is 0. The molecule has 0 bridgehead atoms. The van der Waals surface area contributed by atoms with E-state index in [2.05, 4.69) is 33.5 Å². The maximum Gasteiger partial charge on any atom is 0.262 e. The highest BCUT2D eigenvalue weighted by molar-refractivity contribution is 5.91. The van der Waals surface area contributed by atoms with Gasteiger partial charge in [-0.3, -0.25) is 9.78 Å². The number of carbonyl (C=O) groups excluding carboxylic acids is 1. The van der Waals surface area contributed by atoms with Crippen LogP contribution >= 0.6 is 0 Å². The van der Waals surface area contributed by atoms with E-state index in [1.54, 1.807) is 24.5 Å². The Morgan fingerprint density at radius 1 is 1.00 bits per heavy atom. The van der Waals surface area contributed by atoms with Crippen LogP contribution in [0.15, 0.2) is 79.1 Å². The van der Waals surface area contributed by atoms with Gasteiger partial charge in [-0.2, -0.15) is 0 Å². The van der Waals surface area contributed by atoms with Crippen molar-refractivity contribution in [3.05, 3.63) is 79.1 Å². The molecule has 128 valence electrons. The number of H-pyrrole nitrogens is 1. The number of nitrogens with zero attached hydrogens (tertiary/aromatic N) is 1. The average Bonchev–Trinajstić information content (AvgIpc) is 3.12. The maximum absolute atomic E-state index is 11.9. The highest BCUT2D eigenvalue weighted by Crippen LogP contribution is 2.25. The summed E-state index contributed by atoms with van der Waals surface area (Å²) in [6.07, 6.45) is 3.25. The fourth-order valence-electron chi connectivity index (χ4n) is 2.74. The zero-order chi connectivity index (χ0) is 17.8. The van der Waals surface area contributed by atoms with E-state index in [0.29, 0.717) is 11.4 Å². The molecule has 4 rings (SSSR count). The molecule has 0 saturated heterocycles. The molecule has 0 fully saturated rings. The number of aromatic amines is 1. The van der Waals surface area contributed by atoms with Gasteiger partial charge in [0.1, 0.15) is 5.75 Å². The van der Waals surface area contributed by atoms with Crippen molar-refractivity contribution in [1.82, 2.24) is 9.97 Å². The number of rotatable bonds is 5. The Morgan fingerprint density at radius 2 is 1.77 bits per heavy atom. The van der Waals surface area contributed by atoms with Crippen molar-refractivity contribution in [2.24, 2.45) is 0 Å². The molecule has 0 spiro atoms. The van der Waals surface area contributed by atoms with Gasteiger partial charge < -0.3 is 15.0 Å². The molecule has 0 aliphatic rings. The van der Waals surface area contributed by atoms with Crippen molar-refractivity contribution < 1.29 is 9.53 Å². The number of nitrogens with one attached hydrogen (secondary N) is 2. The third-order valence-electron chi connectivity index (χ3n) is 4.03. The van der Waals surface area contributed by atoms with Gasteiger partial charge in [0.05, 0.1) is 0 Å². The molecule has 4 aromatic rings. The minimum absolute atomic E-state index is 0.0476. The number of hydrogen-bond acceptors (Lipinski definition) is 3. The molecule has 0 unspecified atom stereocenters. The van der Waals surface area contributed by atoms with Crippen LogP contribution in [0.3, 0.4) is 0 Å². The van der Waals surface area contributed by atoms with Gasteiger partial charge in [0.15, 0.2) is 6.61 Å². The Kier molecular flexibility index (Phi) is 4.35. The third-order valence-corrected chi connectivity index (χ3v) is 4.03. The second-order valence-corrected chi connectivity index (χ2v) is 5.87. The summed E-state index contributed by atoms with van der Waals surface area (Å²) in [5, 5.41) is 3.93. The quantitative estimate of drug-likeness (QED) is 0.569. The topological polar surface area (TPSA) is 67.0 Å². The summed E-state index contributed by atoms with van der Waals surface area (Å²) >= 11 is 0. The maximum atomic E-state index is 11.9. The van der Waals surface area contributed by atoms with E-state index < -0.39 is 0 Å². The first-order valence-electron chi connectivity index (χ1n) is 8.29. The Balaban J connectivity index is 1.39. The Bertz CT molecular complexity index is 991. The zero-order valence-electron chi connectivity index (χ0n) is 14.0. The molecule has 0 atom stereocenters. The summed E-state index contributed by atoms with van der Waals surface area (Å²) in [4.78, 5) is 19.2. The summed E-state index contributed by atoms with van der Waals surface area (Å²) in [6.45, 7) is -0.0476. The molecule has 2 heterocycles. The number of hydrogen-bond donors (Lipinski definition) is 2. The highest BCUT2D eigenvalue weighted by atomic mass is 16.5. The molecule has 0 radical (unpaired) electrons. The number of carbonyl (C=O) groups is 1. The van der Waals surface area contributed by atoms with E-state index in [1.165, 1.54) is 5.39 Å². The van der Waals surface area contributed by atoms with Crippen LogP contribution < -0.4 is 10.1 Å². The number of benzene rings is 2. The number of anilines is 1. The Labute approximate surface area is 150 Å². The average molecular weight is 343 g/mol. The van der Waals surface area contributed by atoms with E-state index in [4.69, 9.17) is 4.74 Å². The Hall–Kier alpha value is -3.60. The first kappa shape index (κ1) is 15.9. The lowest BCUT2D eigenvalue weighted by atomic mass is 10.1. The van der Waals surface area contributed by atoms with Gasteiger partial charge in [-0.15, -0.1) is 0 Å². The SMILES string of the molecule is O=C(COc1ccc(-c2cc3ccccc3[nH]2)cc1)Nc1ccncc1. The number of pyridine rings is 1. The van der Waals surface area contributed by atoms with Crippen LogP contribution in [0.25, 0.3) is 22.2 Å². The minimum Gasteiger partial charge on any atom is -0.484 e. The van der Waals surface area contributed by atoms with Crippen molar-refractivity contribution in [2.75, 3.05) is 11.9 Å². The van der Waals surface area contributed by atoms with Crippen LogP contribution in [0.2, 0.25) is 0 Å². The van der Waals surface area contributed by atoms with Crippen molar-refractivity contribution in [2.45, 2.75) is 0 Å². The molecule has 5 heteroatoms.